The Balaban J connectivity index is 3.29. The molecule has 0 atom stereocenters. The lowest BCUT2D eigenvalue weighted by atomic mass is 9.93. The molecule has 0 saturated carbocycles. The van der Waals surface area contributed by atoms with Crippen molar-refractivity contribution in [1.29, 1.82) is 0 Å². The highest BCUT2D eigenvalue weighted by molar-refractivity contribution is 6.16. The molecule has 0 N–H and O–H groups in total. The first-order chi connectivity index (χ1) is 6.88. The van der Waals surface area contributed by atoms with Gasteiger partial charge in [0.2, 0.25) is 0 Å². The zero-order valence-corrected chi connectivity index (χ0v) is 8.81. The first-order valence-electron chi connectivity index (χ1n) is 4.48. The molecule has 0 aromatic rings. The van der Waals surface area contributed by atoms with E-state index in [1.54, 1.807) is 19.9 Å². The van der Waals surface area contributed by atoms with Gasteiger partial charge in [0.1, 0.15) is 0 Å². The van der Waals surface area contributed by atoms with E-state index >= 15 is 0 Å². The largest absolute Gasteiger partial charge is 0.418 e. The molecule has 15 heavy (non-hydrogen) atoms. The number of nitrogens with zero attached hydrogens (tertiary/aromatic N) is 1. The summed E-state index contributed by atoms with van der Waals surface area (Å²) in [4.78, 5) is 3.72. The minimum atomic E-state index is -4.35. The monoisotopic (exact) mass is 215 g/mol. The van der Waals surface area contributed by atoms with E-state index in [1.807, 2.05) is 0 Å². The van der Waals surface area contributed by atoms with Crippen molar-refractivity contribution in [2.75, 3.05) is 7.05 Å². The van der Waals surface area contributed by atoms with Crippen LogP contribution in [0.2, 0.25) is 0 Å². The smallest absolute Gasteiger partial charge is 0.287 e. The Hall–Kier alpha value is -1.32. The normalized spacial score (nSPS) is 19.5. The predicted molar refractivity (Wildman–Crippen MR) is 55.0 cm³/mol. The molecule has 1 rings (SSSR count). The van der Waals surface area contributed by atoms with Crippen LogP contribution in [-0.2, 0) is 0 Å². The van der Waals surface area contributed by atoms with E-state index in [4.69, 9.17) is 0 Å². The SMILES string of the molecule is CN=C1C(C(F)(F)F)=CC=CC1=C(C)C. The molecule has 0 saturated heterocycles. The van der Waals surface area contributed by atoms with E-state index in [2.05, 4.69) is 4.99 Å². The van der Waals surface area contributed by atoms with Gasteiger partial charge in [0.15, 0.2) is 0 Å². The number of hydrogen-bond acceptors (Lipinski definition) is 1. The highest BCUT2D eigenvalue weighted by atomic mass is 19.4. The van der Waals surface area contributed by atoms with E-state index in [1.165, 1.54) is 13.1 Å². The van der Waals surface area contributed by atoms with Crippen molar-refractivity contribution < 1.29 is 13.2 Å². The van der Waals surface area contributed by atoms with Crippen LogP contribution >= 0.6 is 0 Å². The number of alkyl halides is 3. The van der Waals surface area contributed by atoms with Gasteiger partial charge < -0.3 is 0 Å². The summed E-state index contributed by atoms with van der Waals surface area (Å²) in [6, 6.07) is 0. The number of hydrogen-bond donors (Lipinski definition) is 0. The topological polar surface area (TPSA) is 12.4 Å². The highest BCUT2D eigenvalue weighted by Crippen LogP contribution is 2.32. The third-order valence-electron chi connectivity index (χ3n) is 2.10. The molecule has 0 unspecified atom stereocenters. The van der Waals surface area contributed by atoms with Crippen LogP contribution < -0.4 is 0 Å². The zero-order chi connectivity index (χ0) is 11.6. The third-order valence-corrected chi connectivity index (χ3v) is 2.10. The maximum atomic E-state index is 12.6. The standard InChI is InChI=1S/C11H12F3N/c1-7(2)8-5-4-6-9(10(8)15-3)11(12,13)14/h4-6H,1-3H3. The number of rotatable bonds is 0. The third kappa shape index (κ3) is 2.37. The van der Waals surface area contributed by atoms with Crippen molar-refractivity contribution in [3.05, 3.63) is 34.9 Å². The molecule has 0 aliphatic heterocycles. The Bertz CT molecular complexity index is 377. The quantitative estimate of drug-likeness (QED) is 0.586. The average Bonchev–Trinajstić information content (AvgIpc) is 2.15. The zero-order valence-electron chi connectivity index (χ0n) is 8.81. The van der Waals surface area contributed by atoms with E-state index in [0.29, 0.717) is 5.57 Å². The molecule has 0 aromatic heterocycles. The summed E-state index contributed by atoms with van der Waals surface area (Å²) in [5.41, 5.74) is 0.711. The second-order valence-corrected chi connectivity index (χ2v) is 3.42. The van der Waals surface area contributed by atoms with Gasteiger partial charge in [0, 0.05) is 7.05 Å². The summed E-state index contributed by atoms with van der Waals surface area (Å²) in [5, 5.41) is 0. The fourth-order valence-electron chi connectivity index (χ4n) is 1.42. The van der Waals surface area contributed by atoms with Crippen LogP contribution in [0.15, 0.2) is 39.9 Å². The molecule has 0 spiro atoms. The number of aliphatic imine (C=N–C) groups is 1. The average molecular weight is 215 g/mol. The molecule has 1 aliphatic carbocycles. The minimum Gasteiger partial charge on any atom is -0.287 e. The van der Waals surface area contributed by atoms with Gasteiger partial charge in [-0.25, -0.2) is 0 Å². The Morgan fingerprint density at radius 1 is 1.27 bits per heavy atom. The molecule has 1 nitrogen and oxygen atoms in total. The lowest BCUT2D eigenvalue weighted by molar-refractivity contribution is -0.0860. The summed E-state index contributed by atoms with van der Waals surface area (Å²) < 4.78 is 37.8. The van der Waals surface area contributed by atoms with Crippen LogP contribution in [0.3, 0.4) is 0 Å². The first kappa shape index (κ1) is 11.8. The van der Waals surface area contributed by atoms with Gasteiger partial charge in [0.25, 0.3) is 0 Å². The van der Waals surface area contributed by atoms with Crippen LogP contribution in [0.1, 0.15) is 13.8 Å². The highest BCUT2D eigenvalue weighted by Gasteiger charge is 2.38. The van der Waals surface area contributed by atoms with Gasteiger partial charge in [-0.15, -0.1) is 0 Å². The second-order valence-electron chi connectivity index (χ2n) is 3.42. The Morgan fingerprint density at radius 3 is 2.27 bits per heavy atom. The van der Waals surface area contributed by atoms with Gasteiger partial charge in [0.05, 0.1) is 11.3 Å². The summed E-state index contributed by atoms with van der Waals surface area (Å²) in [7, 11) is 1.37. The van der Waals surface area contributed by atoms with Crippen molar-refractivity contribution in [3.8, 4) is 0 Å². The van der Waals surface area contributed by atoms with Gasteiger partial charge in [-0.2, -0.15) is 13.2 Å². The maximum Gasteiger partial charge on any atom is 0.418 e. The first-order valence-corrected chi connectivity index (χ1v) is 4.48. The molecule has 0 aromatic carbocycles. The van der Waals surface area contributed by atoms with E-state index < -0.39 is 11.7 Å². The second kappa shape index (κ2) is 4.04. The summed E-state index contributed by atoms with van der Waals surface area (Å²) in [5.74, 6) is 0. The van der Waals surface area contributed by atoms with Gasteiger partial charge in [-0.1, -0.05) is 17.7 Å². The summed E-state index contributed by atoms with van der Waals surface area (Å²) in [6.07, 6.45) is -0.248. The molecule has 0 radical (unpaired) electrons. The lowest BCUT2D eigenvalue weighted by Gasteiger charge is -2.18. The maximum absolute atomic E-state index is 12.6. The molecule has 0 amide bonds. The molecule has 1 aliphatic rings. The van der Waals surface area contributed by atoms with E-state index in [9.17, 15) is 13.2 Å². The number of allylic oxidation sites excluding steroid dienone is 6. The van der Waals surface area contributed by atoms with Crippen molar-refractivity contribution in [1.82, 2.24) is 0 Å². The van der Waals surface area contributed by atoms with Gasteiger partial charge >= 0.3 is 6.18 Å². The summed E-state index contributed by atoms with van der Waals surface area (Å²) in [6.45, 7) is 3.54. The minimum absolute atomic E-state index is 0.0185. The molecular formula is C11H12F3N. The summed E-state index contributed by atoms with van der Waals surface area (Å²) >= 11 is 0. The molecule has 4 heteroatoms. The Labute approximate surface area is 86.7 Å². The van der Waals surface area contributed by atoms with Crippen LogP contribution in [0.25, 0.3) is 0 Å². The van der Waals surface area contributed by atoms with Crippen LogP contribution in [0.5, 0.6) is 0 Å². The van der Waals surface area contributed by atoms with E-state index in [-0.39, 0.29) is 5.71 Å². The fourth-order valence-corrected chi connectivity index (χ4v) is 1.42. The Kier molecular flexibility index (Phi) is 3.17. The van der Waals surface area contributed by atoms with Crippen LogP contribution in [-0.4, -0.2) is 18.9 Å². The van der Waals surface area contributed by atoms with Gasteiger partial charge in [-0.3, -0.25) is 4.99 Å². The Morgan fingerprint density at radius 2 is 1.87 bits per heavy atom. The van der Waals surface area contributed by atoms with Crippen molar-refractivity contribution >= 4 is 5.71 Å². The molecule has 0 heterocycles. The van der Waals surface area contributed by atoms with Crippen LogP contribution in [0, 0.1) is 0 Å². The van der Waals surface area contributed by atoms with Crippen molar-refractivity contribution in [3.63, 3.8) is 0 Å². The fraction of sp³-hybridized carbons (Fsp3) is 0.364. The van der Waals surface area contributed by atoms with Crippen molar-refractivity contribution in [2.24, 2.45) is 4.99 Å². The predicted octanol–water partition coefficient (Wildman–Crippen LogP) is 3.45. The van der Waals surface area contributed by atoms with Gasteiger partial charge in [-0.05, 0) is 25.5 Å². The molecular weight excluding hydrogens is 203 g/mol. The van der Waals surface area contributed by atoms with E-state index in [0.717, 1.165) is 11.6 Å². The number of halogens is 3. The molecule has 0 bridgehead atoms. The molecule has 0 fully saturated rings. The lowest BCUT2D eigenvalue weighted by Crippen LogP contribution is -2.23. The molecule has 82 valence electrons. The van der Waals surface area contributed by atoms with Crippen molar-refractivity contribution in [2.45, 2.75) is 20.0 Å². The van der Waals surface area contributed by atoms with Crippen LogP contribution in [0.4, 0.5) is 13.2 Å².